The van der Waals surface area contributed by atoms with Crippen molar-refractivity contribution in [3.63, 3.8) is 0 Å². The van der Waals surface area contributed by atoms with Crippen LogP contribution >= 0.6 is 11.8 Å². The summed E-state index contributed by atoms with van der Waals surface area (Å²) in [5.41, 5.74) is 1.32. The van der Waals surface area contributed by atoms with Crippen LogP contribution in [0.5, 0.6) is 11.5 Å². The van der Waals surface area contributed by atoms with Gasteiger partial charge in [-0.25, -0.2) is 4.79 Å². The van der Waals surface area contributed by atoms with Crippen molar-refractivity contribution in [1.82, 2.24) is 0 Å². The summed E-state index contributed by atoms with van der Waals surface area (Å²) in [6.45, 7) is -0.494. The Bertz CT molecular complexity index is 1040. The van der Waals surface area contributed by atoms with Crippen molar-refractivity contribution >= 4 is 35.0 Å². The van der Waals surface area contributed by atoms with E-state index in [9.17, 15) is 19.8 Å². The van der Waals surface area contributed by atoms with E-state index < -0.39 is 24.2 Å². The standard InChI is InChI=1S/C21H15NO5S/c23-13-9-10-14(17(24)11-13)21(26)27-12-20(25)22-15-5-1-3-7-18(15)28-19-8-4-2-6-16(19)22/h1-11,23-24H,12H2. The van der Waals surface area contributed by atoms with Crippen molar-refractivity contribution in [2.45, 2.75) is 9.79 Å². The zero-order valence-electron chi connectivity index (χ0n) is 14.5. The second-order valence-corrected chi connectivity index (χ2v) is 7.13. The highest BCUT2D eigenvalue weighted by Crippen LogP contribution is 2.47. The van der Waals surface area contributed by atoms with E-state index in [1.807, 2.05) is 48.5 Å². The van der Waals surface area contributed by atoms with E-state index in [1.54, 1.807) is 11.8 Å². The van der Waals surface area contributed by atoms with Crippen molar-refractivity contribution < 1.29 is 24.5 Å². The lowest BCUT2D eigenvalue weighted by Gasteiger charge is -2.30. The van der Waals surface area contributed by atoms with E-state index in [1.165, 1.54) is 17.0 Å². The third-order valence-electron chi connectivity index (χ3n) is 4.21. The molecule has 140 valence electrons. The molecule has 0 saturated heterocycles. The first-order chi connectivity index (χ1) is 13.5. The third-order valence-corrected chi connectivity index (χ3v) is 5.34. The fourth-order valence-electron chi connectivity index (χ4n) is 2.94. The van der Waals surface area contributed by atoms with Gasteiger partial charge in [-0.05, 0) is 36.4 Å². The van der Waals surface area contributed by atoms with Crippen LogP contribution < -0.4 is 4.90 Å². The fourth-order valence-corrected chi connectivity index (χ4v) is 3.99. The van der Waals surface area contributed by atoms with Gasteiger partial charge in [-0.15, -0.1) is 0 Å². The molecule has 0 atom stereocenters. The highest BCUT2D eigenvalue weighted by molar-refractivity contribution is 7.99. The molecular formula is C21H15NO5S. The largest absolute Gasteiger partial charge is 0.508 e. The van der Waals surface area contributed by atoms with Crippen molar-refractivity contribution in [1.29, 1.82) is 0 Å². The molecule has 28 heavy (non-hydrogen) atoms. The minimum absolute atomic E-state index is 0.124. The van der Waals surface area contributed by atoms with Crippen LogP contribution in [-0.2, 0) is 9.53 Å². The van der Waals surface area contributed by atoms with Crippen molar-refractivity contribution in [3.8, 4) is 11.5 Å². The molecule has 0 spiro atoms. The molecule has 1 heterocycles. The van der Waals surface area contributed by atoms with Gasteiger partial charge in [-0.2, -0.15) is 0 Å². The SMILES string of the molecule is O=C(OCC(=O)N1c2ccccc2Sc2ccccc21)c1ccc(O)cc1O. The van der Waals surface area contributed by atoms with Gasteiger partial charge in [0.05, 0.1) is 11.4 Å². The molecule has 6 nitrogen and oxygen atoms in total. The van der Waals surface area contributed by atoms with Gasteiger partial charge in [0.15, 0.2) is 6.61 Å². The molecule has 0 saturated carbocycles. The molecule has 0 bridgehead atoms. The number of phenolic OH excluding ortho intramolecular Hbond substituents is 2. The summed E-state index contributed by atoms with van der Waals surface area (Å²) in [7, 11) is 0. The zero-order valence-corrected chi connectivity index (χ0v) is 15.3. The number of esters is 1. The molecule has 4 rings (SSSR count). The molecule has 0 aromatic heterocycles. The molecule has 2 N–H and O–H groups in total. The first kappa shape index (κ1) is 17.9. The number of aromatic hydroxyl groups is 2. The number of benzene rings is 3. The van der Waals surface area contributed by atoms with Crippen LogP contribution in [0.25, 0.3) is 0 Å². The molecule has 7 heteroatoms. The number of phenols is 2. The molecule has 0 radical (unpaired) electrons. The lowest BCUT2D eigenvalue weighted by atomic mass is 10.2. The Labute approximate surface area is 165 Å². The summed E-state index contributed by atoms with van der Waals surface area (Å²) in [5, 5.41) is 19.1. The van der Waals surface area contributed by atoms with Gasteiger partial charge in [0.25, 0.3) is 5.91 Å². The summed E-state index contributed by atoms with van der Waals surface area (Å²) in [4.78, 5) is 28.5. The van der Waals surface area contributed by atoms with Gasteiger partial charge in [0.1, 0.15) is 17.1 Å². The maximum absolute atomic E-state index is 12.9. The first-order valence-electron chi connectivity index (χ1n) is 8.42. The van der Waals surface area contributed by atoms with E-state index >= 15 is 0 Å². The molecule has 0 aliphatic carbocycles. The van der Waals surface area contributed by atoms with Crippen LogP contribution in [0.2, 0.25) is 0 Å². The Hall–Kier alpha value is -3.45. The smallest absolute Gasteiger partial charge is 0.342 e. The van der Waals surface area contributed by atoms with Gasteiger partial charge in [-0.3, -0.25) is 9.69 Å². The summed E-state index contributed by atoms with van der Waals surface area (Å²) >= 11 is 1.57. The van der Waals surface area contributed by atoms with Gasteiger partial charge < -0.3 is 14.9 Å². The second-order valence-electron chi connectivity index (χ2n) is 6.04. The normalized spacial score (nSPS) is 12.1. The monoisotopic (exact) mass is 393 g/mol. The van der Waals surface area contributed by atoms with E-state index in [4.69, 9.17) is 4.74 Å². The molecule has 3 aromatic rings. The molecule has 3 aromatic carbocycles. The van der Waals surface area contributed by atoms with E-state index in [0.29, 0.717) is 0 Å². The Kier molecular flexibility index (Phi) is 4.67. The highest BCUT2D eigenvalue weighted by atomic mass is 32.2. The van der Waals surface area contributed by atoms with E-state index in [-0.39, 0.29) is 11.3 Å². The highest BCUT2D eigenvalue weighted by Gasteiger charge is 2.28. The number of rotatable bonds is 3. The predicted molar refractivity (Wildman–Crippen MR) is 104 cm³/mol. The minimum Gasteiger partial charge on any atom is -0.508 e. The number of fused-ring (bicyclic) bond motifs is 2. The lowest BCUT2D eigenvalue weighted by molar-refractivity contribution is -0.121. The van der Waals surface area contributed by atoms with Crippen molar-refractivity contribution in [3.05, 3.63) is 72.3 Å². The Morgan fingerprint density at radius 3 is 2.11 bits per heavy atom. The number of hydrogen-bond donors (Lipinski definition) is 2. The maximum atomic E-state index is 12.9. The topological polar surface area (TPSA) is 87.1 Å². The fraction of sp³-hybridized carbons (Fsp3) is 0.0476. The van der Waals surface area contributed by atoms with Crippen molar-refractivity contribution in [2.75, 3.05) is 11.5 Å². The van der Waals surface area contributed by atoms with Gasteiger partial charge in [-0.1, -0.05) is 36.0 Å². The molecular weight excluding hydrogens is 378 g/mol. The van der Waals surface area contributed by atoms with Crippen LogP contribution in [0.1, 0.15) is 10.4 Å². The van der Waals surface area contributed by atoms with Crippen LogP contribution in [0.3, 0.4) is 0 Å². The number of nitrogens with zero attached hydrogens (tertiary/aromatic N) is 1. The molecule has 1 amide bonds. The van der Waals surface area contributed by atoms with Crippen LogP contribution in [0, 0.1) is 0 Å². The molecule has 0 unspecified atom stereocenters. The number of ether oxygens (including phenoxy) is 1. The molecule has 0 fully saturated rings. The Morgan fingerprint density at radius 2 is 1.50 bits per heavy atom. The summed E-state index contributed by atoms with van der Waals surface area (Å²) in [6.07, 6.45) is 0. The van der Waals surface area contributed by atoms with Gasteiger partial charge in [0.2, 0.25) is 0 Å². The third kappa shape index (κ3) is 3.27. The van der Waals surface area contributed by atoms with Crippen LogP contribution in [-0.4, -0.2) is 28.7 Å². The van der Waals surface area contributed by atoms with E-state index in [0.717, 1.165) is 27.2 Å². The summed E-state index contributed by atoms with van der Waals surface area (Å²) in [5.74, 6) is -1.85. The number of carbonyl (C=O) groups is 2. The Balaban J connectivity index is 1.58. The van der Waals surface area contributed by atoms with Gasteiger partial charge >= 0.3 is 5.97 Å². The summed E-state index contributed by atoms with van der Waals surface area (Å²) < 4.78 is 5.12. The van der Waals surface area contributed by atoms with Crippen molar-refractivity contribution in [2.24, 2.45) is 0 Å². The number of amides is 1. The quantitative estimate of drug-likeness (QED) is 0.652. The average Bonchev–Trinajstić information content (AvgIpc) is 2.70. The molecule has 1 aliphatic heterocycles. The number of para-hydroxylation sites is 2. The van der Waals surface area contributed by atoms with Gasteiger partial charge in [0, 0.05) is 15.9 Å². The predicted octanol–water partition coefficient (Wildman–Crippen LogP) is 4.08. The van der Waals surface area contributed by atoms with Crippen LogP contribution in [0.4, 0.5) is 11.4 Å². The maximum Gasteiger partial charge on any atom is 0.342 e. The van der Waals surface area contributed by atoms with E-state index in [2.05, 4.69) is 0 Å². The number of carbonyl (C=O) groups excluding carboxylic acids is 2. The number of anilines is 2. The Morgan fingerprint density at radius 1 is 0.893 bits per heavy atom. The number of hydrogen-bond acceptors (Lipinski definition) is 6. The first-order valence-corrected chi connectivity index (χ1v) is 9.24. The average molecular weight is 393 g/mol. The zero-order chi connectivity index (χ0) is 19.7. The molecule has 1 aliphatic rings. The second kappa shape index (κ2) is 7.28. The minimum atomic E-state index is -0.848. The summed E-state index contributed by atoms with van der Waals surface area (Å²) in [6, 6.07) is 18.5. The van der Waals surface area contributed by atoms with Crippen LogP contribution in [0.15, 0.2) is 76.5 Å². The lowest BCUT2D eigenvalue weighted by Crippen LogP contribution is -2.32.